The maximum atomic E-state index is 9.25. The second kappa shape index (κ2) is 1.88. The molecule has 0 saturated carbocycles. The summed E-state index contributed by atoms with van der Waals surface area (Å²) in [6.07, 6.45) is 3.42. The highest BCUT2D eigenvalue weighted by Gasteiger charge is 2.00. The minimum absolute atomic E-state index is 0.143. The van der Waals surface area contributed by atoms with Crippen LogP contribution < -0.4 is 5.73 Å². The van der Waals surface area contributed by atoms with Gasteiger partial charge in [0, 0.05) is 6.20 Å². The van der Waals surface area contributed by atoms with E-state index in [0.717, 1.165) is 0 Å². The summed E-state index contributed by atoms with van der Waals surface area (Å²) in [6, 6.07) is 3.30. The first-order valence-corrected chi connectivity index (χ1v) is 3.19. The number of pyridine rings is 1. The molecule has 0 aliphatic rings. The van der Waals surface area contributed by atoms with Crippen molar-refractivity contribution in [2.24, 2.45) is 0 Å². The van der Waals surface area contributed by atoms with Gasteiger partial charge in [0.15, 0.2) is 11.4 Å². The van der Waals surface area contributed by atoms with E-state index in [4.69, 9.17) is 5.73 Å². The first kappa shape index (κ1) is 6.03. The second-order valence-corrected chi connectivity index (χ2v) is 2.29. The molecule has 2 aromatic heterocycles. The van der Waals surface area contributed by atoms with Crippen LogP contribution in [0.2, 0.25) is 0 Å². The van der Waals surface area contributed by atoms with Crippen molar-refractivity contribution < 1.29 is 5.11 Å². The van der Waals surface area contributed by atoms with Crippen molar-refractivity contribution in [2.75, 3.05) is 5.73 Å². The third-order valence-corrected chi connectivity index (χ3v) is 1.48. The van der Waals surface area contributed by atoms with Crippen LogP contribution in [-0.4, -0.2) is 14.5 Å². The van der Waals surface area contributed by atoms with E-state index < -0.39 is 0 Å². The first-order chi connectivity index (χ1) is 5.27. The number of aromatic hydroxyl groups is 1. The monoisotopic (exact) mass is 149 g/mol. The van der Waals surface area contributed by atoms with Crippen LogP contribution >= 0.6 is 0 Å². The number of imidazole rings is 1. The summed E-state index contributed by atoms with van der Waals surface area (Å²) in [5.41, 5.74) is 5.91. The molecule has 2 rings (SSSR count). The van der Waals surface area contributed by atoms with Crippen molar-refractivity contribution in [1.29, 1.82) is 0 Å². The van der Waals surface area contributed by atoms with Crippen LogP contribution in [0.25, 0.3) is 5.65 Å². The molecule has 0 aromatic carbocycles. The molecule has 4 nitrogen and oxygen atoms in total. The molecule has 0 aliphatic heterocycles. The maximum Gasteiger partial charge on any atom is 0.181 e. The fourth-order valence-corrected chi connectivity index (χ4v) is 1.02. The highest BCUT2D eigenvalue weighted by Crippen LogP contribution is 2.16. The molecule has 0 bridgehead atoms. The third kappa shape index (κ3) is 0.797. The molecule has 0 unspecified atom stereocenters. The number of hydrogen-bond donors (Lipinski definition) is 2. The summed E-state index contributed by atoms with van der Waals surface area (Å²) in [6.45, 7) is 0. The van der Waals surface area contributed by atoms with Crippen LogP contribution in [0.1, 0.15) is 0 Å². The molecule has 0 fully saturated rings. The Morgan fingerprint density at radius 3 is 3.09 bits per heavy atom. The average molecular weight is 149 g/mol. The Morgan fingerprint density at radius 2 is 2.36 bits per heavy atom. The van der Waals surface area contributed by atoms with Gasteiger partial charge in [-0.25, -0.2) is 4.98 Å². The van der Waals surface area contributed by atoms with Crippen molar-refractivity contribution in [3.05, 3.63) is 24.5 Å². The van der Waals surface area contributed by atoms with Crippen LogP contribution in [0.15, 0.2) is 24.5 Å². The minimum Gasteiger partial charge on any atom is -0.504 e. The molecule has 56 valence electrons. The second-order valence-electron chi connectivity index (χ2n) is 2.29. The maximum absolute atomic E-state index is 9.25. The van der Waals surface area contributed by atoms with Gasteiger partial charge in [0.2, 0.25) is 0 Å². The van der Waals surface area contributed by atoms with E-state index >= 15 is 0 Å². The first-order valence-electron chi connectivity index (χ1n) is 3.19. The Bertz CT molecular complexity index is 393. The number of nitrogen functional groups attached to an aromatic ring is 1. The van der Waals surface area contributed by atoms with Crippen molar-refractivity contribution in [3.8, 4) is 5.75 Å². The van der Waals surface area contributed by atoms with E-state index in [0.29, 0.717) is 11.5 Å². The summed E-state index contributed by atoms with van der Waals surface area (Å²) >= 11 is 0. The third-order valence-electron chi connectivity index (χ3n) is 1.48. The Hall–Kier alpha value is -1.71. The van der Waals surface area contributed by atoms with E-state index in [1.54, 1.807) is 28.9 Å². The summed E-state index contributed by atoms with van der Waals surface area (Å²) in [7, 11) is 0. The van der Waals surface area contributed by atoms with Gasteiger partial charge in [0.1, 0.15) is 5.82 Å². The van der Waals surface area contributed by atoms with Crippen molar-refractivity contribution in [1.82, 2.24) is 9.38 Å². The van der Waals surface area contributed by atoms with Gasteiger partial charge in [-0.2, -0.15) is 0 Å². The normalized spacial score (nSPS) is 10.5. The number of aromatic nitrogens is 2. The van der Waals surface area contributed by atoms with E-state index in [1.165, 1.54) is 0 Å². The zero-order valence-corrected chi connectivity index (χ0v) is 5.73. The van der Waals surface area contributed by atoms with Gasteiger partial charge < -0.3 is 15.2 Å². The predicted molar refractivity (Wildman–Crippen MR) is 41.3 cm³/mol. The molecule has 3 N–H and O–H groups in total. The van der Waals surface area contributed by atoms with Crippen molar-refractivity contribution >= 4 is 11.5 Å². The van der Waals surface area contributed by atoms with Gasteiger partial charge in [-0.05, 0) is 12.1 Å². The van der Waals surface area contributed by atoms with Crippen LogP contribution in [0.3, 0.4) is 0 Å². The van der Waals surface area contributed by atoms with E-state index in [9.17, 15) is 5.11 Å². The zero-order valence-electron chi connectivity index (χ0n) is 5.73. The van der Waals surface area contributed by atoms with E-state index in [1.807, 2.05) is 0 Å². The number of nitrogens with two attached hydrogens (primary N) is 1. The van der Waals surface area contributed by atoms with E-state index in [-0.39, 0.29) is 5.75 Å². The lowest BCUT2D eigenvalue weighted by atomic mass is 10.4. The summed E-state index contributed by atoms with van der Waals surface area (Å²) in [5.74, 6) is 0.552. The summed E-state index contributed by atoms with van der Waals surface area (Å²) < 4.78 is 1.67. The fourth-order valence-electron chi connectivity index (χ4n) is 1.02. The topological polar surface area (TPSA) is 63.5 Å². The molecule has 0 aliphatic carbocycles. The summed E-state index contributed by atoms with van der Waals surface area (Å²) in [5, 5.41) is 9.25. The largest absolute Gasteiger partial charge is 0.504 e. The van der Waals surface area contributed by atoms with Gasteiger partial charge >= 0.3 is 0 Å². The number of fused-ring (bicyclic) bond motifs is 1. The molecule has 0 spiro atoms. The van der Waals surface area contributed by atoms with Crippen LogP contribution in [0.4, 0.5) is 5.82 Å². The lowest BCUT2D eigenvalue weighted by molar-refractivity contribution is 0.477. The molecular weight excluding hydrogens is 142 g/mol. The SMILES string of the molecule is Nc1cn2cccc(O)c2n1. The Morgan fingerprint density at radius 1 is 1.55 bits per heavy atom. The molecule has 0 atom stereocenters. The highest BCUT2D eigenvalue weighted by atomic mass is 16.3. The molecular formula is C7H7N3O. The quantitative estimate of drug-likeness (QED) is 0.577. The molecule has 2 aromatic rings. The van der Waals surface area contributed by atoms with Gasteiger partial charge in [-0.3, -0.25) is 0 Å². The Labute approximate surface area is 62.9 Å². The molecule has 0 radical (unpaired) electrons. The summed E-state index contributed by atoms with van der Waals surface area (Å²) in [4.78, 5) is 3.90. The van der Waals surface area contributed by atoms with Gasteiger partial charge in [-0.1, -0.05) is 0 Å². The Kier molecular flexibility index (Phi) is 1.03. The molecule has 0 amide bonds. The Balaban J connectivity index is 2.90. The highest BCUT2D eigenvalue weighted by molar-refractivity contribution is 5.56. The molecule has 11 heavy (non-hydrogen) atoms. The standard InChI is InChI=1S/C7H7N3O/c8-6-4-10-3-1-2-5(11)7(10)9-6/h1-4,11H,8H2. The number of rotatable bonds is 0. The van der Waals surface area contributed by atoms with Crippen LogP contribution in [0.5, 0.6) is 5.75 Å². The molecule has 0 saturated heterocycles. The fraction of sp³-hybridized carbons (Fsp3) is 0. The lowest BCUT2D eigenvalue weighted by Crippen LogP contribution is -1.80. The minimum atomic E-state index is 0.143. The lowest BCUT2D eigenvalue weighted by Gasteiger charge is -1.92. The van der Waals surface area contributed by atoms with Crippen LogP contribution in [0, 0.1) is 0 Å². The smallest absolute Gasteiger partial charge is 0.181 e. The molecule has 4 heteroatoms. The van der Waals surface area contributed by atoms with E-state index in [2.05, 4.69) is 4.98 Å². The van der Waals surface area contributed by atoms with Crippen molar-refractivity contribution in [2.45, 2.75) is 0 Å². The van der Waals surface area contributed by atoms with Crippen molar-refractivity contribution in [3.63, 3.8) is 0 Å². The predicted octanol–water partition coefficient (Wildman–Crippen LogP) is 0.622. The number of anilines is 1. The number of nitrogens with zero attached hydrogens (tertiary/aromatic N) is 2. The van der Waals surface area contributed by atoms with Gasteiger partial charge in [0.05, 0.1) is 6.20 Å². The molecule has 2 heterocycles. The van der Waals surface area contributed by atoms with Crippen LogP contribution in [-0.2, 0) is 0 Å². The van der Waals surface area contributed by atoms with Gasteiger partial charge in [-0.15, -0.1) is 0 Å². The number of hydrogen-bond acceptors (Lipinski definition) is 3. The average Bonchev–Trinajstić information content (AvgIpc) is 2.31. The zero-order chi connectivity index (χ0) is 7.84. The van der Waals surface area contributed by atoms with Gasteiger partial charge in [0.25, 0.3) is 0 Å².